The van der Waals surface area contributed by atoms with E-state index >= 15 is 0 Å². The molecule has 0 amide bonds. The van der Waals surface area contributed by atoms with E-state index in [2.05, 4.69) is 13.8 Å². The molecule has 0 aromatic carbocycles. The van der Waals surface area contributed by atoms with Gasteiger partial charge in [-0.15, -0.1) is 0 Å². The average Bonchev–Trinajstić information content (AvgIpc) is 3.47. The van der Waals surface area contributed by atoms with Crippen LogP contribution in [0.2, 0.25) is 0 Å². The molecule has 10 nitrogen and oxygen atoms in total. The summed E-state index contributed by atoms with van der Waals surface area (Å²) >= 11 is 0. The van der Waals surface area contributed by atoms with Crippen LogP contribution in [-0.2, 0) is 33.3 Å². The minimum Gasteiger partial charge on any atom is -0.462 e. The van der Waals surface area contributed by atoms with Gasteiger partial charge in [-0.05, 0) is 81.1 Å². The Hall–Kier alpha value is -1.56. The van der Waals surface area contributed by atoms with Crippen LogP contribution in [0.25, 0.3) is 0 Å². The van der Waals surface area contributed by atoms with Gasteiger partial charge in [0.15, 0.2) is 6.29 Å². The van der Waals surface area contributed by atoms with Gasteiger partial charge in [0.2, 0.25) is 0 Å². The van der Waals surface area contributed by atoms with Crippen molar-refractivity contribution in [2.24, 2.45) is 34.5 Å². The molecule has 0 bridgehead atoms. The maximum Gasteiger partial charge on any atom is 0.331 e. The molecule has 2 heterocycles. The Kier molecular flexibility index (Phi) is 7.84. The van der Waals surface area contributed by atoms with Crippen molar-refractivity contribution < 1.29 is 48.6 Å². The van der Waals surface area contributed by atoms with Crippen molar-refractivity contribution in [1.29, 1.82) is 0 Å². The fourth-order valence-corrected chi connectivity index (χ4v) is 10.5. The second-order valence-corrected chi connectivity index (χ2v) is 14.4. The van der Waals surface area contributed by atoms with E-state index in [9.17, 15) is 24.9 Å². The maximum absolute atomic E-state index is 12.6. The molecule has 3 N–H and O–H groups in total. The van der Waals surface area contributed by atoms with Crippen molar-refractivity contribution in [1.82, 2.24) is 0 Å². The molecule has 10 heteroatoms. The molecular weight excluding hydrogens is 544 g/mol. The van der Waals surface area contributed by atoms with Gasteiger partial charge in [-0.25, -0.2) is 4.79 Å². The SMILES string of the molecule is CO[C@@H]1[C@H](O)[C@H](O[C@@H]2C[C@@H]3CC[C@@H]4[C@H](CC[C@]5(C)[C@@H](C6=CC(=O)OC6)CC[C@@]45O)[C@@]3(C)[C@H](OC(C)=O)C2)O[C@@H](C)[C@@H]1O. The molecule has 0 spiro atoms. The van der Waals surface area contributed by atoms with Crippen molar-refractivity contribution in [3.63, 3.8) is 0 Å². The smallest absolute Gasteiger partial charge is 0.331 e. The van der Waals surface area contributed by atoms with Crippen LogP contribution in [0.1, 0.15) is 79.1 Å². The molecule has 4 saturated carbocycles. The monoisotopic (exact) mass is 592 g/mol. The highest BCUT2D eigenvalue weighted by molar-refractivity contribution is 5.85. The molecule has 0 unspecified atom stereocenters. The summed E-state index contributed by atoms with van der Waals surface area (Å²) < 4.78 is 28.9. The van der Waals surface area contributed by atoms with Crippen molar-refractivity contribution in [2.45, 2.75) is 128 Å². The molecule has 236 valence electrons. The highest BCUT2D eigenvalue weighted by atomic mass is 16.7. The third kappa shape index (κ3) is 4.50. The Morgan fingerprint density at radius 1 is 1.05 bits per heavy atom. The van der Waals surface area contributed by atoms with E-state index < -0.39 is 42.4 Å². The third-order valence-electron chi connectivity index (χ3n) is 12.7. The summed E-state index contributed by atoms with van der Waals surface area (Å²) in [6.45, 7) is 7.93. The number of aliphatic hydroxyl groups is 3. The number of rotatable bonds is 5. The second kappa shape index (κ2) is 10.8. The number of fused-ring (bicyclic) bond motifs is 5. The van der Waals surface area contributed by atoms with E-state index in [1.165, 1.54) is 14.0 Å². The maximum atomic E-state index is 12.6. The molecule has 6 aliphatic rings. The van der Waals surface area contributed by atoms with Crippen molar-refractivity contribution >= 4 is 11.9 Å². The van der Waals surface area contributed by atoms with Crippen LogP contribution in [-0.4, -0.2) is 89.5 Å². The topological polar surface area (TPSA) is 141 Å². The Morgan fingerprint density at radius 3 is 2.48 bits per heavy atom. The van der Waals surface area contributed by atoms with Crippen molar-refractivity contribution in [3.05, 3.63) is 11.6 Å². The van der Waals surface area contributed by atoms with Crippen LogP contribution in [0, 0.1) is 34.5 Å². The summed E-state index contributed by atoms with van der Waals surface area (Å²) in [4.78, 5) is 24.3. The number of ether oxygens (including phenoxy) is 5. The lowest BCUT2D eigenvalue weighted by molar-refractivity contribution is -0.318. The predicted octanol–water partition coefficient (Wildman–Crippen LogP) is 2.65. The Balaban J connectivity index is 1.24. The van der Waals surface area contributed by atoms with Gasteiger partial charge < -0.3 is 39.0 Å². The number of methoxy groups -OCH3 is 1. The lowest BCUT2D eigenvalue weighted by Crippen LogP contribution is -2.66. The molecule has 6 rings (SSSR count). The van der Waals surface area contributed by atoms with E-state index in [0.717, 1.165) is 44.1 Å². The summed E-state index contributed by atoms with van der Waals surface area (Å²) in [5, 5.41) is 33.8. The van der Waals surface area contributed by atoms with Gasteiger partial charge in [0.05, 0.1) is 17.8 Å². The first kappa shape index (κ1) is 30.5. The van der Waals surface area contributed by atoms with Crippen LogP contribution < -0.4 is 0 Å². The largest absolute Gasteiger partial charge is 0.462 e. The van der Waals surface area contributed by atoms with E-state index in [-0.39, 0.29) is 52.5 Å². The average molecular weight is 593 g/mol. The van der Waals surface area contributed by atoms with Crippen LogP contribution in [0.3, 0.4) is 0 Å². The van der Waals surface area contributed by atoms with E-state index in [1.807, 2.05) is 0 Å². The zero-order valence-corrected chi connectivity index (χ0v) is 25.5. The molecular formula is C32H48O10. The quantitative estimate of drug-likeness (QED) is 0.322. The number of hydrogen-bond donors (Lipinski definition) is 3. The molecule has 5 fully saturated rings. The molecule has 0 radical (unpaired) electrons. The zero-order valence-electron chi connectivity index (χ0n) is 25.5. The minimum atomic E-state index is -1.16. The third-order valence-corrected chi connectivity index (χ3v) is 12.7. The first-order chi connectivity index (χ1) is 19.8. The van der Waals surface area contributed by atoms with E-state index in [0.29, 0.717) is 19.4 Å². The van der Waals surface area contributed by atoms with Crippen molar-refractivity contribution in [3.8, 4) is 0 Å². The molecule has 0 aromatic heterocycles. The molecule has 2 aliphatic heterocycles. The zero-order chi connectivity index (χ0) is 30.2. The number of hydrogen-bond acceptors (Lipinski definition) is 10. The number of carbonyl (C=O) groups excluding carboxylic acids is 2. The molecule has 0 aromatic rings. The van der Waals surface area contributed by atoms with Gasteiger partial charge in [-0.3, -0.25) is 4.79 Å². The van der Waals surface area contributed by atoms with Gasteiger partial charge in [0.1, 0.15) is 31.0 Å². The molecule has 4 aliphatic carbocycles. The van der Waals surface area contributed by atoms with Gasteiger partial charge in [0, 0.05) is 37.4 Å². The summed E-state index contributed by atoms with van der Waals surface area (Å²) in [5.74, 6) is -0.0945. The van der Waals surface area contributed by atoms with Gasteiger partial charge in [-0.2, -0.15) is 0 Å². The van der Waals surface area contributed by atoms with Gasteiger partial charge in [-0.1, -0.05) is 13.8 Å². The molecule has 1 saturated heterocycles. The number of aliphatic hydroxyl groups excluding tert-OH is 2. The van der Waals surface area contributed by atoms with Crippen LogP contribution in [0.5, 0.6) is 0 Å². The first-order valence-electron chi connectivity index (χ1n) is 15.8. The Morgan fingerprint density at radius 2 is 1.81 bits per heavy atom. The highest BCUT2D eigenvalue weighted by Gasteiger charge is 2.69. The molecule has 42 heavy (non-hydrogen) atoms. The van der Waals surface area contributed by atoms with Gasteiger partial charge in [0.25, 0.3) is 0 Å². The summed E-state index contributed by atoms with van der Waals surface area (Å²) in [5.41, 5.74) is -0.555. The lowest BCUT2D eigenvalue weighted by atomic mass is 9.42. The second-order valence-electron chi connectivity index (χ2n) is 14.4. The standard InChI is InChI=1S/C32H48O10/c1-16-26(35)28(38-5)27(36)29(40-16)42-20-13-19-6-7-23-22(31(19,4)24(14-20)41-17(2)33)8-10-30(3)21(9-11-32(23,30)37)18-12-25(34)39-15-18/h12,16,19-24,26-29,35-37H,6-11,13-15H2,1-5H3/t16-,19-,20+,21+,22-,23+,24+,26-,27-,28-,29-,30+,31-,32+/m0/s1. The fourth-order valence-electron chi connectivity index (χ4n) is 10.5. The minimum absolute atomic E-state index is 0.0601. The summed E-state index contributed by atoms with van der Waals surface area (Å²) in [6.07, 6.45) is 2.58. The summed E-state index contributed by atoms with van der Waals surface area (Å²) in [7, 11) is 1.45. The Bertz CT molecular complexity index is 1110. The number of esters is 2. The first-order valence-corrected chi connectivity index (χ1v) is 15.8. The van der Waals surface area contributed by atoms with E-state index in [4.69, 9.17) is 23.7 Å². The Labute approximate surface area is 248 Å². The van der Waals surface area contributed by atoms with Crippen LogP contribution in [0.15, 0.2) is 11.6 Å². The predicted molar refractivity (Wildman–Crippen MR) is 149 cm³/mol. The van der Waals surface area contributed by atoms with E-state index in [1.54, 1.807) is 13.0 Å². The number of carbonyl (C=O) groups is 2. The van der Waals surface area contributed by atoms with Crippen molar-refractivity contribution in [2.75, 3.05) is 13.7 Å². The van der Waals surface area contributed by atoms with Crippen LogP contribution >= 0.6 is 0 Å². The number of cyclic esters (lactones) is 1. The molecule has 14 atom stereocenters. The van der Waals surface area contributed by atoms with Gasteiger partial charge >= 0.3 is 11.9 Å². The normalized spacial score (nSPS) is 52.0. The highest BCUT2D eigenvalue weighted by Crippen LogP contribution is 2.70. The fraction of sp³-hybridized carbons (Fsp3) is 0.875. The lowest BCUT2D eigenvalue weighted by Gasteiger charge is -2.65. The summed E-state index contributed by atoms with van der Waals surface area (Å²) in [6, 6.07) is 0. The van der Waals surface area contributed by atoms with Crippen LogP contribution in [0.4, 0.5) is 0 Å².